The molecule has 1 heterocycles. The number of amides is 2. The van der Waals surface area contributed by atoms with Gasteiger partial charge in [0.15, 0.2) is 9.84 Å². The third-order valence-electron chi connectivity index (χ3n) is 5.70. The maximum absolute atomic E-state index is 12.9. The fourth-order valence-corrected chi connectivity index (χ4v) is 5.69. The highest BCUT2D eigenvalue weighted by molar-refractivity contribution is 7.90. The normalized spacial score (nSPS) is 13.9. The van der Waals surface area contributed by atoms with Gasteiger partial charge in [-0.1, -0.05) is 47.5 Å². The van der Waals surface area contributed by atoms with E-state index in [0.29, 0.717) is 26.9 Å². The van der Waals surface area contributed by atoms with E-state index >= 15 is 0 Å². The standard InChI is InChI=1S/C24H24Cl2N4O3S/c1-15(20-3-2-4-21(25)23(20)26)28-24(31)29-18-7-9-19(10-8-18)34(32,33)14-16-5-6-17-11-12-30(27)22(17)13-16/h2-10,13,15H,11-12,14,27H2,1H3,(H2,28,29,31)/t15-/m0/s1. The smallest absolute Gasteiger partial charge is 0.319 e. The Kier molecular flexibility index (Phi) is 7.04. The van der Waals surface area contributed by atoms with Crippen molar-refractivity contribution in [2.45, 2.75) is 30.0 Å². The van der Waals surface area contributed by atoms with Crippen molar-refractivity contribution in [2.24, 2.45) is 5.84 Å². The Balaban J connectivity index is 1.40. The first-order chi connectivity index (χ1) is 16.1. The molecular weight excluding hydrogens is 495 g/mol. The van der Waals surface area contributed by atoms with Gasteiger partial charge in [0.25, 0.3) is 0 Å². The van der Waals surface area contributed by atoms with Gasteiger partial charge in [0.05, 0.1) is 32.4 Å². The summed E-state index contributed by atoms with van der Waals surface area (Å²) in [6, 6.07) is 16.0. The van der Waals surface area contributed by atoms with Crippen LogP contribution in [0.1, 0.15) is 29.7 Å². The molecule has 4 rings (SSSR count). The van der Waals surface area contributed by atoms with E-state index < -0.39 is 15.9 Å². The van der Waals surface area contributed by atoms with Gasteiger partial charge in [0.1, 0.15) is 0 Å². The van der Waals surface area contributed by atoms with E-state index in [9.17, 15) is 13.2 Å². The minimum atomic E-state index is -3.57. The summed E-state index contributed by atoms with van der Waals surface area (Å²) in [6.45, 7) is 2.51. The molecular formula is C24H24Cl2N4O3S. The first-order valence-electron chi connectivity index (χ1n) is 10.6. The van der Waals surface area contributed by atoms with Gasteiger partial charge in [-0.05, 0) is 66.4 Å². The highest BCUT2D eigenvalue weighted by atomic mass is 35.5. The van der Waals surface area contributed by atoms with Gasteiger partial charge in [0.2, 0.25) is 0 Å². The van der Waals surface area contributed by atoms with E-state index in [1.807, 2.05) is 18.2 Å². The molecule has 1 aliphatic heterocycles. The van der Waals surface area contributed by atoms with Crippen LogP contribution in [0.5, 0.6) is 0 Å². The minimum Gasteiger partial charge on any atom is -0.331 e. The number of urea groups is 1. The number of nitrogens with one attached hydrogen (secondary N) is 2. The van der Waals surface area contributed by atoms with Crippen LogP contribution < -0.4 is 21.5 Å². The quantitative estimate of drug-likeness (QED) is 0.394. The van der Waals surface area contributed by atoms with Gasteiger partial charge < -0.3 is 15.6 Å². The van der Waals surface area contributed by atoms with Gasteiger partial charge in [-0.15, -0.1) is 0 Å². The van der Waals surface area contributed by atoms with Crippen LogP contribution in [0.2, 0.25) is 10.0 Å². The summed E-state index contributed by atoms with van der Waals surface area (Å²) in [5.74, 6) is 5.82. The maximum Gasteiger partial charge on any atom is 0.319 e. The molecule has 0 unspecified atom stereocenters. The lowest BCUT2D eigenvalue weighted by Gasteiger charge is -2.17. The number of rotatable bonds is 6. The summed E-state index contributed by atoms with van der Waals surface area (Å²) in [4.78, 5) is 12.6. The van der Waals surface area contributed by atoms with Crippen LogP contribution in [0, 0.1) is 0 Å². The predicted molar refractivity (Wildman–Crippen MR) is 136 cm³/mol. The first-order valence-corrected chi connectivity index (χ1v) is 13.0. The maximum atomic E-state index is 12.9. The zero-order valence-electron chi connectivity index (χ0n) is 18.4. The second-order valence-electron chi connectivity index (χ2n) is 8.15. The van der Waals surface area contributed by atoms with E-state index in [0.717, 1.165) is 24.2 Å². The van der Waals surface area contributed by atoms with E-state index in [4.69, 9.17) is 29.0 Å². The number of carbonyl (C=O) groups is 1. The Morgan fingerprint density at radius 2 is 1.85 bits per heavy atom. The Hall–Kier alpha value is -2.78. The Morgan fingerprint density at radius 3 is 2.59 bits per heavy atom. The molecule has 0 bridgehead atoms. The molecule has 0 fully saturated rings. The van der Waals surface area contributed by atoms with Crippen LogP contribution >= 0.6 is 23.2 Å². The number of carbonyl (C=O) groups excluding carboxylic acids is 1. The zero-order valence-corrected chi connectivity index (χ0v) is 20.7. The number of nitrogens with zero attached hydrogens (tertiary/aromatic N) is 1. The minimum absolute atomic E-state index is 0.140. The summed E-state index contributed by atoms with van der Waals surface area (Å²) >= 11 is 12.3. The summed E-state index contributed by atoms with van der Waals surface area (Å²) in [5, 5.41) is 7.91. The number of fused-ring (bicyclic) bond motifs is 1. The van der Waals surface area contributed by atoms with Gasteiger partial charge in [-0.25, -0.2) is 19.1 Å². The molecule has 0 spiro atoms. The number of benzene rings is 3. The number of hydrazine groups is 1. The monoisotopic (exact) mass is 518 g/mol. The Bertz CT molecular complexity index is 1330. The molecule has 0 saturated carbocycles. The van der Waals surface area contributed by atoms with E-state index in [-0.39, 0.29) is 16.7 Å². The fraction of sp³-hybridized carbons (Fsp3) is 0.208. The summed E-state index contributed by atoms with van der Waals surface area (Å²) in [6.07, 6.45) is 0.853. The number of hydrogen-bond acceptors (Lipinski definition) is 5. The molecule has 0 aromatic heterocycles. The molecule has 0 saturated heterocycles. The van der Waals surface area contributed by atoms with Crippen LogP contribution in [0.15, 0.2) is 65.6 Å². The molecule has 1 atom stereocenters. The molecule has 3 aromatic rings. The molecule has 0 aliphatic carbocycles. The number of sulfone groups is 1. The molecule has 2 amide bonds. The lowest BCUT2D eigenvalue weighted by Crippen LogP contribution is -2.31. The fourth-order valence-electron chi connectivity index (χ4n) is 3.88. The molecule has 178 valence electrons. The van der Waals surface area contributed by atoms with Crippen LogP contribution in [0.3, 0.4) is 0 Å². The molecule has 34 heavy (non-hydrogen) atoms. The zero-order chi connectivity index (χ0) is 24.5. The van der Waals surface area contributed by atoms with Crippen molar-refractivity contribution in [3.8, 4) is 0 Å². The van der Waals surface area contributed by atoms with Crippen molar-refractivity contribution >= 4 is 50.4 Å². The van der Waals surface area contributed by atoms with Gasteiger partial charge in [-0.2, -0.15) is 0 Å². The van der Waals surface area contributed by atoms with Crippen molar-refractivity contribution < 1.29 is 13.2 Å². The number of nitrogens with two attached hydrogens (primary N) is 1. The topological polar surface area (TPSA) is 105 Å². The highest BCUT2D eigenvalue weighted by Crippen LogP contribution is 2.30. The number of halogens is 2. The summed E-state index contributed by atoms with van der Waals surface area (Å²) < 4.78 is 25.8. The Morgan fingerprint density at radius 1 is 1.12 bits per heavy atom. The van der Waals surface area contributed by atoms with Crippen LogP contribution in [0.25, 0.3) is 0 Å². The van der Waals surface area contributed by atoms with Gasteiger partial charge >= 0.3 is 6.03 Å². The molecule has 1 aliphatic rings. The van der Waals surface area contributed by atoms with E-state index in [1.54, 1.807) is 42.3 Å². The number of hydrogen-bond donors (Lipinski definition) is 3. The Labute approximate surface area is 208 Å². The van der Waals surface area contributed by atoms with Gasteiger partial charge in [-0.3, -0.25) is 0 Å². The van der Waals surface area contributed by atoms with Crippen molar-refractivity contribution in [3.05, 3.63) is 87.4 Å². The van der Waals surface area contributed by atoms with Crippen LogP contribution in [-0.2, 0) is 22.0 Å². The summed E-state index contributed by atoms with van der Waals surface area (Å²) in [7, 11) is -3.57. The van der Waals surface area contributed by atoms with Crippen molar-refractivity contribution in [2.75, 3.05) is 16.9 Å². The van der Waals surface area contributed by atoms with Crippen molar-refractivity contribution in [1.29, 1.82) is 0 Å². The molecule has 3 aromatic carbocycles. The second kappa shape index (κ2) is 9.84. The second-order valence-corrected chi connectivity index (χ2v) is 10.9. The van der Waals surface area contributed by atoms with Crippen molar-refractivity contribution in [3.63, 3.8) is 0 Å². The lowest BCUT2D eigenvalue weighted by molar-refractivity contribution is 0.249. The van der Waals surface area contributed by atoms with Crippen LogP contribution in [0.4, 0.5) is 16.2 Å². The van der Waals surface area contributed by atoms with E-state index in [2.05, 4.69) is 10.6 Å². The van der Waals surface area contributed by atoms with Crippen molar-refractivity contribution in [1.82, 2.24) is 5.32 Å². The summed E-state index contributed by atoms with van der Waals surface area (Å²) in [5.41, 5.74) is 3.80. The average Bonchev–Trinajstić information content (AvgIpc) is 3.15. The third kappa shape index (κ3) is 5.31. The highest BCUT2D eigenvalue weighted by Gasteiger charge is 2.20. The molecule has 7 nitrogen and oxygen atoms in total. The molecule has 10 heteroatoms. The largest absolute Gasteiger partial charge is 0.331 e. The van der Waals surface area contributed by atoms with Gasteiger partial charge in [0, 0.05) is 12.2 Å². The lowest BCUT2D eigenvalue weighted by atomic mass is 10.1. The average molecular weight is 519 g/mol. The third-order valence-corrected chi connectivity index (χ3v) is 8.24. The SMILES string of the molecule is C[C@H](NC(=O)Nc1ccc(S(=O)(=O)Cc2ccc3c(c2)N(N)CC3)cc1)c1cccc(Cl)c1Cl. The molecule has 0 radical (unpaired) electrons. The van der Waals surface area contributed by atoms with E-state index in [1.165, 1.54) is 12.1 Å². The number of anilines is 2. The first kappa shape index (κ1) is 24.3. The van der Waals surface area contributed by atoms with Crippen LogP contribution in [-0.4, -0.2) is 21.0 Å². The predicted octanol–water partition coefficient (Wildman–Crippen LogP) is 5.09. The molecule has 4 N–H and O–H groups in total.